The topological polar surface area (TPSA) is 55.1 Å². The number of nitrogens with zero attached hydrogens (tertiary/aromatic N) is 1. The van der Waals surface area contributed by atoms with Crippen molar-refractivity contribution in [1.82, 2.24) is 10.3 Å². The van der Waals surface area contributed by atoms with Gasteiger partial charge in [0.05, 0.1) is 22.9 Å². The fourth-order valence-electron chi connectivity index (χ4n) is 1.43. The normalized spacial score (nSPS) is 12.1. The van der Waals surface area contributed by atoms with Crippen molar-refractivity contribution < 1.29 is 9.21 Å². The molecule has 2 aromatic rings. The van der Waals surface area contributed by atoms with Gasteiger partial charge < -0.3 is 9.73 Å². The van der Waals surface area contributed by atoms with E-state index in [0.29, 0.717) is 16.3 Å². The Bertz CT molecular complexity index is 511. The van der Waals surface area contributed by atoms with E-state index in [1.54, 1.807) is 24.5 Å². The Hall–Kier alpha value is -1.81. The average Bonchev–Trinajstić information content (AvgIpc) is 2.82. The maximum Gasteiger partial charge on any atom is 0.254 e. The summed E-state index contributed by atoms with van der Waals surface area (Å²) in [4.78, 5) is 15.8. The summed E-state index contributed by atoms with van der Waals surface area (Å²) in [5, 5.41) is 3.16. The second-order valence-electron chi connectivity index (χ2n) is 3.57. The minimum absolute atomic E-state index is 0.214. The summed E-state index contributed by atoms with van der Waals surface area (Å²) < 4.78 is 5.20. The van der Waals surface area contributed by atoms with Gasteiger partial charge in [-0.2, -0.15) is 0 Å². The Kier molecular flexibility index (Phi) is 3.44. The highest BCUT2D eigenvalue weighted by Crippen LogP contribution is 2.16. The first-order chi connectivity index (χ1) is 8.18. The van der Waals surface area contributed by atoms with Gasteiger partial charge in [-0.05, 0) is 25.1 Å². The van der Waals surface area contributed by atoms with Crippen molar-refractivity contribution >= 4 is 17.5 Å². The van der Waals surface area contributed by atoms with Crippen molar-refractivity contribution in [3.05, 3.63) is 53.2 Å². The highest BCUT2D eigenvalue weighted by atomic mass is 35.5. The van der Waals surface area contributed by atoms with E-state index >= 15 is 0 Å². The van der Waals surface area contributed by atoms with Crippen LogP contribution < -0.4 is 5.32 Å². The van der Waals surface area contributed by atoms with E-state index in [9.17, 15) is 4.79 Å². The van der Waals surface area contributed by atoms with Gasteiger partial charge in [0.25, 0.3) is 5.91 Å². The fraction of sp³-hybridized carbons (Fsp3) is 0.167. The number of amides is 1. The summed E-state index contributed by atoms with van der Waals surface area (Å²) in [7, 11) is 0. The van der Waals surface area contributed by atoms with Gasteiger partial charge in [0, 0.05) is 12.4 Å². The summed E-state index contributed by atoms with van der Waals surface area (Å²) in [6, 6.07) is 4.94. The maximum absolute atomic E-state index is 11.9. The largest absolute Gasteiger partial charge is 0.467 e. The standard InChI is InChI=1S/C12H11ClN2O2/c1-8(11-3-2-6-17-11)15-12(16)9-7-14-5-4-10(9)13/h2-8H,1H3,(H,15,16). The van der Waals surface area contributed by atoms with Crippen molar-refractivity contribution in [3.8, 4) is 0 Å². The highest BCUT2D eigenvalue weighted by molar-refractivity contribution is 6.33. The number of nitrogens with one attached hydrogen (secondary N) is 1. The molecule has 1 amide bonds. The summed E-state index contributed by atoms with van der Waals surface area (Å²) in [6.45, 7) is 1.83. The van der Waals surface area contributed by atoms with Crippen LogP contribution >= 0.6 is 11.6 Å². The predicted molar refractivity (Wildman–Crippen MR) is 63.8 cm³/mol. The first-order valence-electron chi connectivity index (χ1n) is 5.12. The molecule has 0 spiro atoms. The Morgan fingerprint density at radius 3 is 3.00 bits per heavy atom. The lowest BCUT2D eigenvalue weighted by atomic mass is 10.2. The second kappa shape index (κ2) is 5.01. The molecular formula is C12H11ClN2O2. The lowest BCUT2D eigenvalue weighted by Crippen LogP contribution is -2.26. The van der Waals surface area contributed by atoms with Crippen molar-refractivity contribution in [2.75, 3.05) is 0 Å². The summed E-state index contributed by atoms with van der Waals surface area (Å²) in [5.74, 6) is 0.422. The average molecular weight is 251 g/mol. The third-order valence-electron chi connectivity index (χ3n) is 2.33. The van der Waals surface area contributed by atoms with E-state index in [0.717, 1.165) is 0 Å². The number of hydrogen-bond acceptors (Lipinski definition) is 3. The maximum atomic E-state index is 11.9. The van der Waals surface area contributed by atoms with Gasteiger partial charge in [-0.3, -0.25) is 9.78 Å². The number of aromatic nitrogens is 1. The summed E-state index contributed by atoms with van der Waals surface area (Å²) in [6.07, 6.45) is 4.54. The van der Waals surface area contributed by atoms with E-state index in [4.69, 9.17) is 16.0 Å². The van der Waals surface area contributed by atoms with E-state index in [1.165, 1.54) is 12.4 Å². The SMILES string of the molecule is CC(NC(=O)c1cnccc1Cl)c1ccco1. The molecule has 0 aliphatic carbocycles. The molecule has 5 heteroatoms. The number of carbonyl (C=O) groups excluding carboxylic acids is 1. The molecule has 0 saturated heterocycles. The summed E-state index contributed by atoms with van der Waals surface area (Å²) in [5.41, 5.74) is 0.354. The molecule has 2 heterocycles. The molecule has 0 saturated carbocycles. The van der Waals surface area contributed by atoms with Gasteiger partial charge in [0.2, 0.25) is 0 Å². The van der Waals surface area contributed by atoms with Gasteiger partial charge >= 0.3 is 0 Å². The van der Waals surface area contributed by atoms with Crippen molar-refractivity contribution in [2.24, 2.45) is 0 Å². The quantitative estimate of drug-likeness (QED) is 0.911. The van der Waals surface area contributed by atoms with Gasteiger partial charge in [-0.25, -0.2) is 0 Å². The lowest BCUT2D eigenvalue weighted by molar-refractivity contribution is 0.0935. The first kappa shape index (κ1) is 11.7. The van der Waals surface area contributed by atoms with Crippen LogP contribution in [0.2, 0.25) is 5.02 Å². The molecule has 0 aliphatic heterocycles. The van der Waals surface area contributed by atoms with Gasteiger partial charge in [-0.15, -0.1) is 0 Å². The number of rotatable bonds is 3. The Morgan fingerprint density at radius 1 is 1.53 bits per heavy atom. The molecule has 0 fully saturated rings. The number of hydrogen-bond donors (Lipinski definition) is 1. The van der Waals surface area contributed by atoms with Crippen molar-refractivity contribution in [3.63, 3.8) is 0 Å². The zero-order valence-electron chi connectivity index (χ0n) is 9.18. The molecule has 0 aliphatic rings. The summed E-state index contributed by atoms with van der Waals surface area (Å²) >= 11 is 5.90. The molecule has 1 atom stereocenters. The van der Waals surface area contributed by atoms with Gasteiger partial charge in [-0.1, -0.05) is 11.6 Å². The lowest BCUT2D eigenvalue weighted by Gasteiger charge is -2.11. The highest BCUT2D eigenvalue weighted by Gasteiger charge is 2.15. The van der Waals surface area contributed by atoms with E-state index in [-0.39, 0.29) is 11.9 Å². The van der Waals surface area contributed by atoms with E-state index in [1.807, 2.05) is 6.92 Å². The molecule has 4 nitrogen and oxygen atoms in total. The molecule has 1 N–H and O–H groups in total. The molecular weight excluding hydrogens is 240 g/mol. The number of halogens is 1. The smallest absolute Gasteiger partial charge is 0.254 e. The van der Waals surface area contributed by atoms with E-state index in [2.05, 4.69) is 10.3 Å². The van der Waals surface area contributed by atoms with Crippen LogP contribution in [0.1, 0.15) is 29.1 Å². The number of pyridine rings is 1. The Labute approximate surface area is 104 Å². The zero-order chi connectivity index (χ0) is 12.3. The number of furan rings is 1. The first-order valence-corrected chi connectivity index (χ1v) is 5.50. The molecule has 0 bridgehead atoms. The molecule has 1 unspecified atom stereocenters. The molecule has 88 valence electrons. The minimum Gasteiger partial charge on any atom is -0.467 e. The predicted octanol–water partition coefficient (Wildman–Crippen LogP) is 2.82. The number of carbonyl (C=O) groups is 1. The van der Waals surface area contributed by atoms with E-state index < -0.39 is 0 Å². The zero-order valence-corrected chi connectivity index (χ0v) is 9.94. The Morgan fingerprint density at radius 2 is 2.35 bits per heavy atom. The van der Waals surface area contributed by atoms with Crippen molar-refractivity contribution in [1.29, 1.82) is 0 Å². The molecule has 2 rings (SSSR count). The van der Waals surface area contributed by atoms with Crippen LogP contribution in [0.3, 0.4) is 0 Å². The van der Waals surface area contributed by atoms with Crippen LogP contribution in [0.25, 0.3) is 0 Å². The third-order valence-corrected chi connectivity index (χ3v) is 2.66. The van der Waals surface area contributed by atoms with Crippen LogP contribution in [0.15, 0.2) is 41.3 Å². The molecule has 0 radical (unpaired) electrons. The van der Waals surface area contributed by atoms with Gasteiger partial charge in [0.1, 0.15) is 5.76 Å². The fourth-order valence-corrected chi connectivity index (χ4v) is 1.62. The van der Waals surface area contributed by atoms with Crippen molar-refractivity contribution in [2.45, 2.75) is 13.0 Å². The third kappa shape index (κ3) is 2.65. The minimum atomic E-state index is -0.271. The molecule has 2 aromatic heterocycles. The van der Waals surface area contributed by atoms with Crippen LogP contribution in [-0.2, 0) is 0 Å². The van der Waals surface area contributed by atoms with Crippen LogP contribution in [0.4, 0.5) is 0 Å². The van der Waals surface area contributed by atoms with Gasteiger partial charge in [0.15, 0.2) is 0 Å². The monoisotopic (exact) mass is 250 g/mol. The molecule has 17 heavy (non-hydrogen) atoms. The van der Waals surface area contributed by atoms with Crippen LogP contribution in [0, 0.1) is 0 Å². The molecule has 0 aromatic carbocycles. The van der Waals surface area contributed by atoms with Crippen LogP contribution in [0.5, 0.6) is 0 Å². The van der Waals surface area contributed by atoms with Crippen LogP contribution in [-0.4, -0.2) is 10.9 Å². The Balaban J connectivity index is 2.10. The second-order valence-corrected chi connectivity index (χ2v) is 3.97.